The third-order valence-electron chi connectivity index (χ3n) is 4.00. The highest BCUT2D eigenvalue weighted by Crippen LogP contribution is 2.35. The Morgan fingerprint density at radius 2 is 1.95 bits per heavy atom. The van der Waals surface area contributed by atoms with E-state index in [9.17, 15) is 22.8 Å². The molecular formula is C14H13F3N2O2. The fraction of sp³-hybridized carbons (Fsp3) is 0.429. The second kappa shape index (κ2) is 4.75. The van der Waals surface area contributed by atoms with Gasteiger partial charge < -0.3 is 5.32 Å². The van der Waals surface area contributed by atoms with Crippen LogP contribution in [0.4, 0.5) is 23.7 Å². The SMILES string of the molecule is O=C1NC2CCCC2C(=O)N1c1cccc(C(F)(F)F)c1. The number of halogens is 3. The molecule has 1 aliphatic heterocycles. The molecule has 21 heavy (non-hydrogen) atoms. The van der Waals surface area contributed by atoms with Gasteiger partial charge in [0.25, 0.3) is 0 Å². The van der Waals surface area contributed by atoms with Crippen molar-refractivity contribution in [1.82, 2.24) is 5.32 Å². The molecule has 7 heteroatoms. The standard InChI is InChI=1S/C14H13F3N2O2/c15-14(16,17)8-3-1-4-9(7-8)19-12(20)10-5-2-6-11(10)18-13(19)21/h1,3-4,7,10-11H,2,5-6H2,(H,18,21). The highest BCUT2D eigenvalue weighted by molar-refractivity contribution is 6.17. The van der Waals surface area contributed by atoms with Gasteiger partial charge in [-0.1, -0.05) is 12.5 Å². The van der Waals surface area contributed by atoms with Crippen LogP contribution in [0.2, 0.25) is 0 Å². The van der Waals surface area contributed by atoms with Gasteiger partial charge in [0.05, 0.1) is 17.2 Å². The summed E-state index contributed by atoms with van der Waals surface area (Å²) >= 11 is 0. The number of carbonyl (C=O) groups excluding carboxylic acids is 2. The minimum atomic E-state index is -4.51. The van der Waals surface area contributed by atoms with Gasteiger partial charge in [-0.2, -0.15) is 13.2 Å². The molecule has 1 heterocycles. The number of nitrogens with zero attached hydrogens (tertiary/aromatic N) is 1. The summed E-state index contributed by atoms with van der Waals surface area (Å²) in [5.41, 5.74) is -0.924. The molecule has 1 saturated heterocycles. The number of amides is 3. The molecule has 2 atom stereocenters. The number of imide groups is 1. The summed E-state index contributed by atoms with van der Waals surface area (Å²) in [6.45, 7) is 0. The fourth-order valence-electron chi connectivity index (χ4n) is 2.98. The van der Waals surface area contributed by atoms with E-state index in [0.717, 1.165) is 29.9 Å². The van der Waals surface area contributed by atoms with Gasteiger partial charge in [-0.05, 0) is 31.0 Å². The van der Waals surface area contributed by atoms with Crippen molar-refractivity contribution in [2.45, 2.75) is 31.5 Å². The van der Waals surface area contributed by atoms with Crippen molar-refractivity contribution in [2.24, 2.45) is 5.92 Å². The van der Waals surface area contributed by atoms with Gasteiger partial charge in [0.2, 0.25) is 5.91 Å². The Labute approximate surface area is 118 Å². The Bertz CT molecular complexity index is 600. The Kier molecular flexibility index (Phi) is 3.15. The number of urea groups is 1. The van der Waals surface area contributed by atoms with E-state index in [1.165, 1.54) is 12.1 Å². The lowest BCUT2D eigenvalue weighted by Gasteiger charge is -2.34. The average Bonchev–Trinajstić information content (AvgIpc) is 2.86. The van der Waals surface area contributed by atoms with Crippen LogP contribution in [0.5, 0.6) is 0 Å². The lowest BCUT2D eigenvalue weighted by atomic mass is 9.99. The number of benzene rings is 1. The molecule has 0 bridgehead atoms. The minimum Gasteiger partial charge on any atom is -0.334 e. The maximum absolute atomic E-state index is 12.7. The van der Waals surface area contributed by atoms with Gasteiger partial charge in [-0.15, -0.1) is 0 Å². The van der Waals surface area contributed by atoms with Crippen molar-refractivity contribution in [3.63, 3.8) is 0 Å². The van der Waals surface area contributed by atoms with Crippen molar-refractivity contribution in [1.29, 1.82) is 0 Å². The van der Waals surface area contributed by atoms with Crippen molar-refractivity contribution in [3.05, 3.63) is 29.8 Å². The summed E-state index contributed by atoms with van der Waals surface area (Å²) in [7, 11) is 0. The van der Waals surface area contributed by atoms with Crippen LogP contribution < -0.4 is 10.2 Å². The number of rotatable bonds is 1. The quantitative estimate of drug-likeness (QED) is 0.866. The maximum atomic E-state index is 12.7. The smallest absolute Gasteiger partial charge is 0.334 e. The van der Waals surface area contributed by atoms with Crippen molar-refractivity contribution >= 4 is 17.6 Å². The zero-order valence-corrected chi connectivity index (χ0v) is 11.0. The van der Waals surface area contributed by atoms with Crippen LogP contribution in [-0.4, -0.2) is 18.0 Å². The van der Waals surface area contributed by atoms with Gasteiger partial charge in [0, 0.05) is 6.04 Å². The minimum absolute atomic E-state index is 0.0438. The number of nitrogens with one attached hydrogen (secondary N) is 1. The van der Waals surface area contributed by atoms with Gasteiger partial charge in [0.15, 0.2) is 0 Å². The first-order valence-electron chi connectivity index (χ1n) is 6.69. The van der Waals surface area contributed by atoms with Gasteiger partial charge >= 0.3 is 12.2 Å². The van der Waals surface area contributed by atoms with E-state index in [1.54, 1.807) is 0 Å². The van der Waals surface area contributed by atoms with Crippen LogP contribution in [0.3, 0.4) is 0 Å². The monoisotopic (exact) mass is 298 g/mol. The van der Waals surface area contributed by atoms with Crippen molar-refractivity contribution in [3.8, 4) is 0 Å². The molecule has 0 radical (unpaired) electrons. The first-order chi connectivity index (χ1) is 9.88. The van der Waals surface area contributed by atoms with Crippen LogP contribution in [-0.2, 0) is 11.0 Å². The molecular weight excluding hydrogens is 285 g/mol. The lowest BCUT2D eigenvalue weighted by Crippen LogP contribution is -2.58. The van der Waals surface area contributed by atoms with Crippen LogP contribution >= 0.6 is 0 Å². The molecule has 1 saturated carbocycles. The van der Waals surface area contributed by atoms with E-state index in [2.05, 4.69) is 5.32 Å². The van der Waals surface area contributed by atoms with E-state index < -0.39 is 23.7 Å². The van der Waals surface area contributed by atoms with E-state index in [4.69, 9.17) is 0 Å². The normalized spacial score (nSPS) is 25.8. The third kappa shape index (κ3) is 2.36. The first-order valence-corrected chi connectivity index (χ1v) is 6.69. The summed E-state index contributed by atoms with van der Waals surface area (Å²) < 4.78 is 38.2. The molecule has 2 aliphatic rings. The second-order valence-corrected chi connectivity index (χ2v) is 5.32. The van der Waals surface area contributed by atoms with Crippen LogP contribution in [0.25, 0.3) is 0 Å². The molecule has 3 amide bonds. The zero-order chi connectivity index (χ0) is 15.2. The predicted molar refractivity (Wildman–Crippen MR) is 68.6 cm³/mol. The Hall–Kier alpha value is -2.05. The molecule has 0 aromatic heterocycles. The largest absolute Gasteiger partial charge is 0.416 e. The Morgan fingerprint density at radius 1 is 1.19 bits per heavy atom. The van der Waals surface area contributed by atoms with Crippen LogP contribution in [0.15, 0.2) is 24.3 Å². The molecule has 112 valence electrons. The van der Waals surface area contributed by atoms with E-state index in [0.29, 0.717) is 6.42 Å². The molecule has 1 aliphatic carbocycles. The van der Waals surface area contributed by atoms with E-state index in [-0.39, 0.29) is 17.6 Å². The van der Waals surface area contributed by atoms with Crippen LogP contribution in [0.1, 0.15) is 24.8 Å². The highest BCUT2D eigenvalue weighted by Gasteiger charge is 2.44. The fourth-order valence-corrected chi connectivity index (χ4v) is 2.98. The molecule has 1 aromatic carbocycles. The maximum Gasteiger partial charge on any atom is 0.416 e. The highest BCUT2D eigenvalue weighted by atomic mass is 19.4. The number of hydrogen-bond donors (Lipinski definition) is 1. The molecule has 2 fully saturated rings. The molecule has 1 aromatic rings. The summed E-state index contributed by atoms with van der Waals surface area (Å²) in [6.07, 6.45) is -2.29. The van der Waals surface area contributed by atoms with Crippen molar-refractivity contribution in [2.75, 3.05) is 4.90 Å². The average molecular weight is 298 g/mol. The Balaban J connectivity index is 1.96. The van der Waals surface area contributed by atoms with Gasteiger partial charge in [0.1, 0.15) is 0 Å². The summed E-state index contributed by atoms with van der Waals surface area (Å²) in [6, 6.07) is 3.43. The molecule has 2 unspecified atom stereocenters. The van der Waals surface area contributed by atoms with E-state index in [1.807, 2.05) is 0 Å². The van der Waals surface area contributed by atoms with Crippen molar-refractivity contribution < 1.29 is 22.8 Å². The zero-order valence-electron chi connectivity index (χ0n) is 11.0. The number of alkyl halides is 3. The summed E-state index contributed by atoms with van der Waals surface area (Å²) in [4.78, 5) is 25.2. The van der Waals surface area contributed by atoms with Gasteiger partial charge in [-0.25, -0.2) is 9.69 Å². The second-order valence-electron chi connectivity index (χ2n) is 5.32. The topological polar surface area (TPSA) is 49.4 Å². The molecule has 3 rings (SSSR count). The lowest BCUT2D eigenvalue weighted by molar-refractivity contribution is -0.137. The summed E-state index contributed by atoms with van der Waals surface area (Å²) in [5.74, 6) is -0.752. The van der Waals surface area contributed by atoms with Gasteiger partial charge in [-0.3, -0.25) is 4.79 Å². The summed E-state index contributed by atoms with van der Waals surface area (Å²) in [5, 5.41) is 2.70. The predicted octanol–water partition coefficient (Wildman–Crippen LogP) is 2.93. The number of anilines is 1. The third-order valence-corrected chi connectivity index (χ3v) is 4.00. The molecule has 4 nitrogen and oxygen atoms in total. The number of fused-ring (bicyclic) bond motifs is 1. The first kappa shape index (κ1) is 13.9. The Morgan fingerprint density at radius 3 is 2.67 bits per heavy atom. The molecule has 0 spiro atoms. The van der Waals surface area contributed by atoms with E-state index >= 15 is 0 Å². The molecule has 1 N–H and O–H groups in total. The number of carbonyl (C=O) groups is 2. The van der Waals surface area contributed by atoms with Crippen LogP contribution in [0, 0.1) is 5.92 Å². The number of hydrogen-bond acceptors (Lipinski definition) is 2.